The highest BCUT2D eigenvalue weighted by atomic mass is 32.2. The second-order valence-corrected chi connectivity index (χ2v) is 7.42. The van der Waals surface area contributed by atoms with E-state index in [1.807, 2.05) is 0 Å². The Morgan fingerprint density at radius 2 is 1.95 bits per heavy atom. The summed E-state index contributed by atoms with van der Waals surface area (Å²) in [5.41, 5.74) is 0. The molecular formula is C14H20O5S. The van der Waals surface area contributed by atoms with Gasteiger partial charge in [-0.2, -0.15) is 0 Å². The molecule has 2 unspecified atom stereocenters. The molecule has 0 amide bonds. The van der Waals surface area contributed by atoms with Gasteiger partial charge in [0, 0.05) is 7.11 Å². The Morgan fingerprint density at radius 1 is 1.25 bits per heavy atom. The zero-order valence-corrected chi connectivity index (χ0v) is 12.6. The molecule has 0 spiro atoms. The van der Waals surface area contributed by atoms with Crippen molar-refractivity contribution in [2.75, 3.05) is 27.1 Å². The van der Waals surface area contributed by atoms with Crippen molar-refractivity contribution >= 4 is 9.84 Å². The largest absolute Gasteiger partial charge is 0.382 e. The van der Waals surface area contributed by atoms with Gasteiger partial charge in [-0.15, -0.1) is 0 Å². The van der Waals surface area contributed by atoms with Crippen molar-refractivity contribution in [1.29, 1.82) is 0 Å². The lowest BCUT2D eigenvalue weighted by molar-refractivity contribution is -0.0743. The topological polar surface area (TPSA) is 61.8 Å². The Hall–Kier alpha value is -0.950. The van der Waals surface area contributed by atoms with Crippen molar-refractivity contribution in [2.45, 2.75) is 29.1 Å². The zero-order valence-electron chi connectivity index (χ0n) is 11.7. The van der Waals surface area contributed by atoms with Crippen molar-refractivity contribution in [3.05, 3.63) is 30.3 Å². The molecule has 1 aromatic carbocycles. The number of hydrogen-bond donors (Lipinski definition) is 0. The standard InChI is InChI=1S/C14H20O5S/c1-14(10-13(14)19-11-18-9-8-17-2)20(15,16)12-6-4-3-5-7-12/h3-7,13H,8-11H2,1-2H3. The van der Waals surface area contributed by atoms with Crippen LogP contribution in [0.5, 0.6) is 0 Å². The summed E-state index contributed by atoms with van der Waals surface area (Å²) >= 11 is 0. The summed E-state index contributed by atoms with van der Waals surface area (Å²) in [5, 5.41) is 0. The first-order valence-corrected chi connectivity index (χ1v) is 7.98. The molecule has 0 heterocycles. The van der Waals surface area contributed by atoms with Crippen LogP contribution < -0.4 is 0 Å². The summed E-state index contributed by atoms with van der Waals surface area (Å²) in [6.07, 6.45) is 0.188. The van der Waals surface area contributed by atoms with Gasteiger partial charge in [0.1, 0.15) is 11.5 Å². The first kappa shape index (κ1) is 15.4. The molecule has 0 bridgehead atoms. The van der Waals surface area contributed by atoms with E-state index in [0.717, 1.165) is 0 Å². The SMILES string of the molecule is COCCOCOC1CC1(C)S(=O)(=O)c1ccccc1. The van der Waals surface area contributed by atoms with E-state index >= 15 is 0 Å². The van der Waals surface area contributed by atoms with Crippen molar-refractivity contribution < 1.29 is 22.6 Å². The van der Waals surface area contributed by atoms with Crippen LogP contribution in [-0.2, 0) is 24.0 Å². The molecule has 6 heteroatoms. The van der Waals surface area contributed by atoms with Gasteiger partial charge in [-0.3, -0.25) is 0 Å². The molecule has 1 aliphatic rings. The van der Waals surface area contributed by atoms with Crippen molar-refractivity contribution in [1.82, 2.24) is 0 Å². The van der Waals surface area contributed by atoms with E-state index < -0.39 is 14.6 Å². The monoisotopic (exact) mass is 300 g/mol. The third-order valence-electron chi connectivity index (χ3n) is 3.56. The highest BCUT2D eigenvalue weighted by Crippen LogP contribution is 2.48. The van der Waals surface area contributed by atoms with Crippen molar-refractivity contribution in [3.63, 3.8) is 0 Å². The number of sulfone groups is 1. The third kappa shape index (κ3) is 3.03. The Morgan fingerprint density at radius 3 is 2.60 bits per heavy atom. The summed E-state index contributed by atoms with van der Waals surface area (Å²) in [5.74, 6) is 0. The Labute approximate surface area is 119 Å². The molecule has 0 radical (unpaired) electrons. The maximum Gasteiger partial charge on any atom is 0.186 e. The minimum absolute atomic E-state index is 0.0912. The van der Waals surface area contributed by atoms with E-state index in [9.17, 15) is 8.42 Å². The van der Waals surface area contributed by atoms with Crippen LogP contribution in [0.2, 0.25) is 0 Å². The van der Waals surface area contributed by atoms with Gasteiger partial charge in [0.25, 0.3) is 0 Å². The number of hydrogen-bond acceptors (Lipinski definition) is 5. The van der Waals surface area contributed by atoms with Gasteiger partial charge in [0.2, 0.25) is 0 Å². The van der Waals surface area contributed by atoms with E-state index in [4.69, 9.17) is 14.2 Å². The normalized spacial score (nSPS) is 25.6. The fourth-order valence-electron chi connectivity index (χ4n) is 2.03. The van der Waals surface area contributed by atoms with Crippen molar-refractivity contribution in [2.24, 2.45) is 0 Å². The van der Waals surface area contributed by atoms with Gasteiger partial charge in [-0.25, -0.2) is 8.42 Å². The molecule has 1 fully saturated rings. The van der Waals surface area contributed by atoms with Gasteiger partial charge in [-0.1, -0.05) is 18.2 Å². The van der Waals surface area contributed by atoms with Crippen LogP contribution >= 0.6 is 0 Å². The summed E-state index contributed by atoms with van der Waals surface area (Å²) in [4.78, 5) is 0.342. The minimum Gasteiger partial charge on any atom is -0.382 e. The van der Waals surface area contributed by atoms with Crippen LogP contribution in [0, 0.1) is 0 Å². The lowest BCUT2D eigenvalue weighted by Gasteiger charge is -2.13. The van der Waals surface area contributed by atoms with E-state index in [1.54, 1.807) is 44.4 Å². The lowest BCUT2D eigenvalue weighted by atomic mass is 10.4. The maximum atomic E-state index is 12.5. The van der Waals surface area contributed by atoms with E-state index in [1.165, 1.54) is 0 Å². The highest BCUT2D eigenvalue weighted by Gasteiger charge is 2.61. The molecule has 1 saturated carbocycles. The summed E-state index contributed by atoms with van der Waals surface area (Å²) < 4.78 is 39.7. The van der Waals surface area contributed by atoms with Gasteiger partial charge in [0.15, 0.2) is 9.84 Å². The fraction of sp³-hybridized carbons (Fsp3) is 0.571. The molecule has 5 nitrogen and oxygen atoms in total. The van der Waals surface area contributed by atoms with Crippen LogP contribution in [0.4, 0.5) is 0 Å². The number of ether oxygens (including phenoxy) is 3. The maximum absolute atomic E-state index is 12.5. The Bertz CT molecular complexity index is 528. The second-order valence-electron chi connectivity index (χ2n) is 5.01. The predicted molar refractivity (Wildman–Crippen MR) is 74.2 cm³/mol. The average molecular weight is 300 g/mol. The first-order valence-electron chi connectivity index (χ1n) is 6.50. The van der Waals surface area contributed by atoms with Gasteiger partial charge in [-0.05, 0) is 25.5 Å². The number of rotatable bonds is 8. The highest BCUT2D eigenvalue weighted by molar-refractivity contribution is 7.93. The third-order valence-corrected chi connectivity index (χ3v) is 6.11. The van der Waals surface area contributed by atoms with Gasteiger partial charge < -0.3 is 14.2 Å². The van der Waals surface area contributed by atoms with Gasteiger partial charge >= 0.3 is 0 Å². The Kier molecular flexibility index (Phi) is 4.80. The quantitative estimate of drug-likeness (QED) is 0.539. The summed E-state index contributed by atoms with van der Waals surface area (Å²) in [7, 11) is -1.78. The molecular weight excluding hydrogens is 280 g/mol. The molecule has 2 atom stereocenters. The molecule has 112 valence electrons. The van der Waals surface area contributed by atoms with Crippen LogP contribution in [0.3, 0.4) is 0 Å². The van der Waals surface area contributed by atoms with Crippen molar-refractivity contribution in [3.8, 4) is 0 Å². The fourth-order valence-corrected chi connectivity index (χ4v) is 3.87. The first-order chi connectivity index (χ1) is 9.52. The predicted octanol–water partition coefficient (Wildman–Crippen LogP) is 1.63. The van der Waals surface area contributed by atoms with E-state index in [-0.39, 0.29) is 12.9 Å². The summed E-state index contributed by atoms with van der Waals surface area (Å²) in [6.45, 7) is 2.74. The zero-order chi connectivity index (χ0) is 14.6. The molecule has 0 saturated heterocycles. The molecule has 1 aromatic rings. The van der Waals surface area contributed by atoms with Crippen LogP contribution in [0.25, 0.3) is 0 Å². The Balaban J connectivity index is 1.90. The molecule has 1 aliphatic carbocycles. The molecule has 20 heavy (non-hydrogen) atoms. The van der Waals surface area contributed by atoms with Crippen LogP contribution in [0.1, 0.15) is 13.3 Å². The number of methoxy groups -OCH3 is 1. The average Bonchev–Trinajstić information content (AvgIpc) is 3.12. The van der Waals surface area contributed by atoms with E-state index in [2.05, 4.69) is 0 Å². The van der Waals surface area contributed by atoms with Crippen LogP contribution in [0.15, 0.2) is 35.2 Å². The second kappa shape index (κ2) is 6.22. The molecule has 2 rings (SSSR count). The van der Waals surface area contributed by atoms with Gasteiger partial charge in [0.05, 0.1) is 24.2 Å². The smallest absolute Gasteiger partial charge is 0.186 e. The molecule has 0 aliphatic heterocycles. The lowest BCUT2D eigenvalue weighted by Crippen LogP contribution is -2.25. The van der Waals surface area contributed by atoms with Crippen LogP contribution in [-0.4, -0.2) is 46.4 Å². The van der Waals surface area contributed by atoms with E-state index in [0.29, 0.717) is 24.5 Å². The summed E-state index contributed by atoms with van der Waals surface area (Å²) in [6, 6.07) is 8.48. The molecule has 0 N–H and O–H groups in total. The molecule has 0 aromatic heterocycles. The number of benzene rings is 1. The minimum atomic E-state index is -3.37.